The Hall–Kier alpha value is -3.29. The summed E-state index contributed by atoms with van der Waals surface area (Å²) in [7, 11) is 1.81. The van der Waals surface area contributed by atoms with Crippen molar-refractivity contribution >= 4 is 5.91 Å². The first-order valence-electron chi connectivity index (χ1n) is 8.46. The molecule has 0 saturated carbocycles. The first kappa shape index (κ1) is 19.5. The van der Waals surface area contributed by atoms with E-state index in [1.165, 1.54) is 12.1 Å². The number of ether oxygens (including phenoxy) is 1. The molecule has 1 amide bonds. The Morgan fingerprint density at radius 2 is 1.93 bits per heavy atom. The summed E-state index contributed by atoms with van der Waals surface area (Å²) >= 11 is 0. The zero-order valence-corrected chi connectivity index (χ0v) is 15.0. The van der Waals surface area contributed by atoms with Gasteiger partial charge in [-0.15, -0.1) is 0 Å². The highest BCUT2D eigenvalue weighted by atomic mass is 19.4. The van der Waals surface area contributed by atoms with Gasteiger partial charge >= 0.3 is 6.18 Å². The van der Waals surface area contributed by atoms with E-state index >= 15 is 0 Å². The summed E-state index contributed by atoms with van der Waals surface area (Å²) in [6.45, 7) is -0.422. The van der Waals surface area contributed by atoms with Gasteiger partial charge in [-0.1, -0.05) is 36.4 Å². The van der Waals surface area contributed by atoms with E-state index < -0.39 is 30.3 Å². The van der Waals surface area contributed by atoms with Crippen LogP contribution in [0.25, 0.3) is 0 Å². The van der Waals surface area contributed by atoms with Gasteiger partial charge in [0, 0.05) is 19.4 Å². The van der Waals surface area contributed by atoms with Gasteiger partial charge in [-0.05, 0) is 23.8 Å². The molecule has 5 nitrogen and oxygen atoms in total. The Labute approximate surface area is 159 Å². The number of rotatable bonds is 6. The van der Waals surface area contributed by atoms with Crippen LogP contribution in [-0.4, -0.2) is 22.1 Å². The fraction of sp³-hybridized carbons (Fsp3) is 0.200. The van der Waals surface area contributed by atoms with Crippen LogP contribution < -0.4 is 10.1 Å². The topological polar surface area (TPSA) is 56.2 Å². The smallest absolute Gasteiger partial charge is 0.416 e. The quantitative estimate of drug-likeness (QED) is 0.699. The summed E-state index contributed by atoms with van der Waals surface area (Å²) in [5.41, 5.74) is -0.00945. The van der Waals surface area contributed by atoms with Crippen molar-refractivity contribution in [3.63, 3.8) is 0 Å². The number of amides is 1. The number of imidazole rings is 1. The molecular formula is C20H18F3N3O2. The van der Waals surface area contributed by atoms with Crippen LogP contribution in [0, 0.1) is 0 Å². The van der Waals surface area contributed by atoms with Crippen molar-refractivity contribution in [2.45, 2.75) is 12.2 Å². The van der Waals surface area contributed by atoms with Crippen LogP contribution >= 0.6 is 0 Å². The van der Waals surface area contributed by atoms with Crippen LogP contribution in [0.15, 0.2) is 67.0 Å². The molecule has 1 N–H and O–H groups in total. The molecule has 146 valence electrons. The van der Waals surface area contributed by atoms with Crippen molar-refractivity contribution in [1.82, 2.24) is 14.9 Å². The lowest BCUT2D eigenvalue weighted by atomic mass is 10.1. The van der Waals surface area contributed by atoms with Gasteiger partial charge in [-0.2, -0.15) is 13.2 Å². The molecule has 0 aliphatic carbocycles. The highest BCUT2D eigenvalue weighted by Crippen LogP contribution is 2.31. The number of benzene rings is 2. The number of carbonyl (C=O) groups excluding carboxylic acids is 1. The zero-order chi connectivity index (χ0) is 20.1. The van der Waals surface area contributed by atoms with Gasteiger partial charge in [0.2, 0.25) is 0 Å². The molecule has 0 saturated heterocycles. The SMILES string of the molecule is Cn1ccnc1C(NC(=O)COc1cccc(C(F)(F)F)c1)c1ccccc1. The number of carbonyl (C=O) groups is 1. The summed E-state index contributed by atoms with van der Waals surface area (Å²) in [5.74, 6) is 0.117. The van der Waals surface area contributed by atoms with Crippen LogP contribution in [0.5, 0.6) is 5.75 Å². The zero-order valence-electron chi connectivity index (χ0n) is 15.0. The molecule has 1 atom stereocenters. The Bertz CT molecular complexity index is 939. The average molecular weight is 389 g/mol. The molecule has 1 heterocycles. The lowest BCUT2D eigenvalue weighted by Gasteiger charge is -2.19. The fourth-order valence-electron chi connectivity index (χ4n) is 2.71. The highest BCUT2D eigenvalue weighted by molar-refractivity contribution is 5.78. The van der Waals surface area contributed by atoms with Gasteiger partial charge < -0.3 is 14.6 Å². The molecular weight excluding hydrogens is 371 g/mol. The molecule has 1 aromatic heterocycles. The van der Waals surface area contributed by atoms with Gasteiger partial charge in [0.25, 0.3) is 5.91 Å². The van der Waals surface area contributed by atoms with Crippen LogP contribution in [0.2, 0.25) is 0 Å². The predicted molar refractivity (Wildman–Crippen MR) is 96.6 cm³/mol. The maximum absolute atomic E-state index is 12.8. The van der Waals surface area contributed by atoms with E-state index in [1.807, 2.05) is 37.4 Å². The summed E-state index contributed by atoms with van der Waals surface area (Å²) in [6.07, 6.45) is -1.09. The number of hydrogen-bond acceptors (Lipinski definition) is 3. The van der Waals surface area contributed by atoms with E-state index in [9.17, 15) is 18.0 Å². The second-order valence-electron chi connectivity index (χ2n) is 6.12. The third kappa shape index (κ3) is 4.70. The Kier molecular flexibility index (Phi) is 5.67. The Morgan fingerprint density at radius 1 is 1.18 bits per heavy atom. The van der Waals surface area contributed by atoms with Crippen LogP contribution in [0.1, 0.15) is 23.0 Å². The van der Waals surface area contributed by atoms with E-state index in [4.69, 9.17) is 4.74 Å². The van der Waals surface area contributed by atoms with Crippen LogP contribution in [0.3, 0.4) is 0 Å². The maximum Gasteiger partial charge on any atom is 0.416 e. The molecule has 0 bridgehead atoms. The summed E-state index contributed by atoms with van der Waals surface area (Å²) < 4.78 is 45.4. The minimum absolute atomic E-state index is 0.0294. The highest BCUT2D eigenvalue weighted by Gasteiger charge is 2.30. The number of aryl methyl sites for hydroxylation is 1. The molecule has 0 spiro atoms. The number of nitrogens with zero attached hydrogens (tertiary/aromatic N) is 2. The summed E-state index contributed by atoms with van der Waals surface area (Å²) in [5, 5.41) is 2.82. The van der Waals surface area contributed by atoms with Crippen molar-refractivity contribution in [2.75, 3.05) is 6.61 Å². The molecule has 3 rings (SSSR count). The number of hydrogen-bond donors (Lipinski definition) is 1. The third-order valence-electron chi connectivity index (χ3n) is 4.09. The van der Waals surface area contributed by atoms with Gasteiger partial charge in [0.05, 0.1) is 5.56 Å². The predicted octanol–water partition coefficient (Wildman–Crippen LogP) is 3.72. The van der Waals surface area contributed by atoms with Crippen LogP contribution in [-0.2, 0) is 18.0 Å². The minimum atomic E-state index is -4.47. The summed E-state index contributed by atoms with van der Waals surface area (Å²) in [4.78, 5) is 16.7. The molecule has 0 fully saturated rings. The standard InChI is InChI=1S/C20H18F3N3O2/c1-26-11-10-24-19(26)18(14-6-3-2-4-7-14)25-17(27)13-28-16-9-5-8-15(12-16)20(21,22)23/h2-12,18H,13H2,1H3,(H,25,27). The van der Waals surface area contributed by atoms with Gasteiger partial charge in [0.1, 0.15) is 17.6 Å². The van der Waals surface area contributed by atoms with Crippen molar-refractivity contribution < 1.29 is 22.7 Å². The van der Waals surface area contributed by atoms with Crippen molar-refractivity contribution in [3.8, 4) is 5.75 Å². The first-order valence-corrected chi connectivity index (χ1v) is 8.46. The lowest BCUT2D eigenvalue weighted by Crippen LogP contribution is -2.34. The van der Waals surface area contributed by atoms with E-state index in [2.05, 4.69) is 10.3 Å². The van der Waals surface area contributed by atoms with Crippen molar-refractivity contribution in [1.29, 1.82) is 0 Å². The van der Waals surface area contributed by atoms with E-state index in [0.717, 1.165) is 17.7 Å². The minimum Gasteiger partial charge on any atom is -0.484 e. The molecule has 2 aromatic carbocycles. The lowest BCUT2D eigenvalue weighted by molar-refractivity contribution is -0.137. The molecule has 0 aliphatic heterocycles. The third-order valence-corrected chi connectivity index (χ3v) is 4.09. The van der Waals surface area contributed by atoms with Gasteiger partial charge in [0.15, 0.2) is 6.61 Å². The monoisotopic (exact) mass is 389 g/mol. The molecule has 8 heteroatoms. The molecule has 28 heavy (non-hydrogen) atoms. The average Bonchev–Trinajstić information content (AvgIpc) is 3.10. The molecule has 0 aliphatic rings. The Balaban J connectivity index is 1.71. The number of aromatic nitrogens is 2. The largest absolute Gasteiger partial charge is 0.484 e. The van der Waals surface area contributed by atoms with Crippen LogP contribution in [0.4, 0.5) is 13.2 Å². The van der Waals surface area contributed by atoms with Crippen molar-refractivity contribution in [2.24, 2.45) is 7.05 Å². The van der Waals surface area contributed by atoms with Gasteiger partial charge in [-0.25, -0.2) is 4.98 Å². The number of halogens is 3. The van der Waals surface area contributed by atoms with E-state index in [0.29, 0.717) is 5.82 Å². The van der Waals surface area contributed by atoms with E-state index in [-0.39, 0.29) is 5.75 Å². The maximum atomic E-state index is 12.8. The number of nitrogens with one attached hydrogen (secondary N) is 1. The second kappa shape index (κ2) is 8.16. The Morgan fingerprint density at radius 3 is 2.57 bits per heavy atom. The van der Waals surface area contributed by atoms with Crippen molar-refractivity contribution in [3.05, 3.63) is 83.9 Å². The molecule has 0 radical (unpaired) electrons. The molecule has 1 unspecified atom stereocenters. The summed E-state index contributed by atoms with van der Waals surface area (Å²) in [6, 6.07) is 13.1. The molecule has 3 aromatic rings. The van der Waals surface area contributed by atoms with Gasteiger partial charge in [-0.3, -0.25) is 4.79 Å². The number of alkyl halides is 3. The first-order chi connectivity index (χ1) is 13.3. The second-order valence-corrected chi connectivity index (χ2v) is 6.12. The fourth-order valence-corrected chi connectivity index (χ4v) is 2.71. The normalized spacial score (nSPS) is 12.4. The van der Waals surface area contributed by atoms with E-state index in [1.54, 1.807) is 17.0 Å².